The van der Waals surface area contributed by atoms with Crippen LogP contribution in [0.25, 0.3) is 0 Å². The van der Waals surface area contributed by atoms with Crippen molar-refractivity contribution in [1.82, 2.24) is 0 Å². The van der Waals surface area contributed by atoms with Gasteiger partial charge in [0.1, 0.15) is 13.2 Å². The van der Waals surface area contributed by atoms with Crippen LogP contribution in [0.2, 0.25) is 0 Å². The number of unbranched alkanes of at least 4 members (excludes halogenated alkanes) is 32. The van der Waals surface area contributed by atoms with Crippen LogP contribution in [0.4, 0.5) is 0 Å². The normalized spacial score (nSPS) is 12.4. The first-order chi connectivity index (χ1) is 32.0. The Morgan fingerprint density at radius 1 is 0.308 bits per heavy atom. The van der Waals surface area contributed by atoms with Gasteiger partial charge in [0, 0.05) is 19.3 Å². The summed E-state index contributed by atoms with van der Waals surface area (Å²) in [5, 5.41) is 0. The third-order valence-electron chi connectivity index (χ3n) is 12.3. The van der Waals surface area contributed by atoms with Gasteiger partial charge in [-0.15, -0.1) is 0 Å². The summed E-state index contributed by atoms with van der Waals surface area (Å²) < 4.78 is 16.8. The van der Waals surface area contributed by atoms with E-state index >= 15 is 0 Å². The van der Waals surface area contributed by atoms with E-state index in [4.69, 9.17) is 14.2 Å². The second kappa shape index (κ2) is 54.0. The van der Waals surface area contributed by atoms with E-state index in [9.17, 15) is 14.4 Å². The molecule has 65 heavy (non-hydrogen) atoms. The average Bonchev–Trinajstić information content (AvgIpc) is 3.30. The minimum absolute atomic E-state index is 0.0856. The lowest BCUT2D eigenvalue weighted by Gasteiger charge is -2.18. The van der Waals surface area contributed by atoms with Crippen molar-refractivity contribution >= 4 is 17.9 Å². The van der Waals surface area contributed by atoms with Gasteiger partial charge < -0.3 is 14.2 Å². The molecule has 0 aromatic heterocycles. The van der Waals surface area contributed by atoms with Crippen molar-refractivity contribution in [3.05, 3.63) is 48.6 Å². The van der Waals surface area contributed by atoms with Crippen LogP contribution in [-0.4, -0.2) is 37.2 Å². The predicted molar refractivity (Wildman–Crippen MR) is 279 cm³/mol. The Labute approximate surface area is 403 Å². The van der Waals surface area contributed by atoms with E-state index in [1.54, 1.807) is 0 Å². The fraction of sp³-hybridized carbons (Fsp3) is 0.814. The molecule has 0 aliphatic heterocycles. The van der Waals surface area contributed by atoms with E-state index in [0.717, 1.165) is 64.2 Å². The van der Waals surface area contributed by atoms with Crippen LogP contribution in [0.5, 0.6) is 0 Å². The molecular weight excluding hydrogens is 805 g/mol. The number of hydrogen-bond donors (Lipinski definition) is 0. The second-order valence-electron chi connectivity index (χ2n) is 18.9. The van der Waals surface area contributed by atoms with Crippen molar-refractivity contribution in [3.8, 4) is 0 Å². The Balaban J connectivity index is 4.43. The number of ether oxygens (including phenoxy) is 3. The third-order valence-corrected chi connectivity index (χ3v) is 12.3. The van der Waals surface area contributed by atoms with Crippen molar-refractivity contribution in [2.24, 2.45) is 0 Å². The van der Waals surface area contributed by atoms with Crippen molar-refractivity contribution in [2.45, 2.75) is 297 Å². The Bertz CT molecular complexity index is 1140. The maximum Gasteiger partial charge on any atom is 0.306 e. The molecule has 0 heterocycles. The van der Waals surface area contributed by atoms with Crippen molar-refractivity contribution < 1.29 is 28.6 Å². The lowest BCUT2D eigenvalue weighted by molar-refractivity contribution is -0.167. The molecule has 0 aliphatic carbocycles. The largest absolute Gasteiger partial charge is 0.462 e. The highest BCUT2D eigenvalue weighted by molar-refractivity contribution is 5.71. The Morgan fingerprint density at radius 3 is 0.923 bits per heavy atom. The van der Waals surface area contributed by atoms with Gasteiger partial charge in [0.05, 0.1) is 0 Å². The van der Waals surface area contributed by atoms with Crippen molar-refractivity contribution in [3.63, 3.8) is 0 Å². The zero-order valence-electron chi connectivity index (χ0n) is 43.3. The average molecular weight is 911 g/mol. The fourth-order valence-corrected chi connectivity index (χ4v) is 8.08. The van der Waals surface area contributed by atoms with E-state index in [1.807, 2.05) is 0 Å². The molecule has 0 rings (SSSR count). The van der Waals surface area contributed by atoms with Crippen LogP contribution in [0.1, 0.15) is 290 Å². The van der Waals surface area contributed by atoms with Gasteiger partial charge in [-0.2, -0.15) is 0 Å². The maximum absolute atomic E-state index is 12.8. The summed E-state index contributed by atoms with van der Waals surface area (Å²) in [6.07, 6.45) is 65.3. The molecule has 0 aromatic carbocycles. The van der Waals surface area contributed by atoms with Gasteiger partial charge in [-0.1, -0.05) is 262 Å². The molecule has 0 fully saturated rings. The van der Waals surface area contributed by atoms with E-state index in [1.165, 1.54) is 180 Å². The molecular formula is C59H106O6. The molecule has 0 aliphatic rings. The zero-order valence-corrected chi connectivity index (χ0v) is 43.3. The van der Waals surface area contributed by atoms with E-state index in [0.29, 0.717) is 19.3 Å². The molecule has 0 radical (unpaired) electrons. The first-order valence-electron chi connectivity index (χ1n) is 28.1. The Kier molecular flexibility index (Phi) is 51.8. The van der Waals surface area contributed by atoms with Gasteiger partial charge in [-0.3, -0.25) is 14.4 Å². The number of carbonyl (C=O) groups is 3. The summed E-state index contributed by atoms with van der Waals surface area (Å²) in [6.45, 7) is 6.60. The maximum atomic E-state index is 12.8. The SMILES string of the molecule is CCCCCC=CCC=CCC=CCC=CCCCC(=O)OCC(COC(=O)CCCCCCCCCCCCCCCCC)OC(=O)CCCCCCCCCCCCCCCCC. The zero-order chi connectivity index (χ0) is 47.2. The molecule has 378 valence electrons. The topological polar surface area (TPSA) is 78.9 Å². The number of rotatable bonds is 51. The summed E-state index contributed by atoms with van der Waals surface area (Å²) in [5.41, 5.74) is 0. The number of hydrogen-bond acceptors (Lipinski definition) is 6. The molecule has 0 saturated heterocycles. The van der Waals surface area contributed by atoms with Gasteiger partial charge in [0.25, 0.3) is 0 Å². The van der Waals surface area contributed by atoms with Crippen LogP contribution in [0.15, 0.2) is 48.6 Å². The minimum Gasteiger partial charge on any atom is -0.462 e. The first-order valence-corrected chi connectivity index (χ1v) is 28.1. The lowest BCUT2D eigenvalue weighted by Crippen LogP contribution is -2.30. The van der Waals surface area contributed by atoms with Gasteiger partial charge in [0.2, 0.25) is 0 Å². The number of carbonyl (C=O) groups excluding carboxylic acids is 3. The molecule has 1 atom stereocenters. The van der Waals surface area contributed by atoms with Crippen molar-refractivity contribution in [2.75, 3.05) is 13.2 Å². The highest BCUT2D eigenvalue weighted by Gasteiger charge is 2.19. The predicted octanol–water partition coefficient (Wildman–Crippen LogP) is 18.7. The van der Waals surface area contributed by atoms with Gasteiger partial charge >= 0.3 is 17.9 Å². The van der Waals surface area contributed by atoms with Gasteiger partial charge in [0.15, 0.2) is 6.10 Å². The summed E-state index contributed by atoms with van der Waals surface area (Å²) in [4.78, 5) is 38.1. The van der Waals surface area contributed by atoms with Gasteiger partial charge in [-0.25, -0.2) is 0 Å². The number of esters is 3. The molecule has 0 aromatic rings. The van der Waals surface area contributed by atoms with Crippen LogP contribution in [-0.2, 0) is 28.6 Å². The Hall–Kier alpha value is -2.63. The van der Waals surface area contributed by atoms with E-state index in [2.05, 4.69) is 69.4 Å². The summed E-state index contributed by atoms with van der Waals surface area (Å²) in [7, 11) is 0. The van der Waals surface area contributed by atoms with E-state index < -0.39 is 6.10 Å². The molecule has 0 N–H and O–H groups in total. The molecule has 0 spiro atoms. The smallest absolute Gasteiger partial charge is 0.306 e. The third kappa shape index (κ3) is 52.2. The van der Waals surface area contributed by atoms with Crippen LogP contribution in [0, 0.1) is 0 Å². The van der Waals surface area contributed by atoms with Gasteiger partial charge in [-0.05, 0) is 57.8 Å². The quantitative estimate of drug-likeness (QED) is 0.0262. The van der Waals surface area contributed by atoms with Crippen LogP contribution >= 0.6 is 0 Å². The van der Waals surface area contributed by atoms with Crippen LogP contribution in [0.3, 0.4) is 0 Å². The molecule has 6 heteroatoms. The summed E-state index contributed by atoms with van der Waals surface area (Å²) >= 11 is 0. The lowest BCUT2D eigenvalue weighted by atomic mass is 10.0. The number of allylic oxidation sites excluding steroid dienone is 8. The fourth-order valence-electron chi connectivity index (χ4n) is 8.08. The first kappa shape index (κ1) is 62.4. The standard InChI is InChI=1S/C59H106O6/c1-4-7-10-13-16-19-22-25-28-29-32-34-37-40-43-46-49-52-58(61)64-55-56(65-59(62)53-50-47-44-41-38-35-31-27-24-21-18-15-12-9-6-3)54-63-57(60)51-48-45-42-39-36-33-30-26-23-20-17-14-11-8-5-2/h16,19,25,28,32,34,40,43,56H,4-15,17-18,20-24,26-27,29-31,33,35-39,41-42,44-55H2,1-3H3. The molecule has 0 amide bonds. The van der Waals surface area contributed by atoms with E-state index in [-0.39, 0.29) is 37.5 Å². The Morgan fingerprint density at radius 2 is 0.569 bits per heavy atom. The minimum atomic E-state index is -0.790. The molecule has 0 bridgehead atoms. The highest BCUT2D eigenvalue weighted by Crippen LogP contribution is 2.16. The molecule has 1 unspecified atom stereocenters. The molecule has 0 saturated carbocycles. The molecule has 6 nitrogen and oxygen atoms in total. The summed E-state index contributed by atoms with van der Waals surface area (Å²) in [5.74, 6) is -0.929. The second-order valence-corrected chi connectivity index (χ2v) is 18.9. The van der Waals surface area contributed by atoms with Crippen LogP contribution < -0.4 is 0 Å². The summed E-state index contributed by atoms with van der Waals surface area (Å²) in [6, 6.07) is 0. The monoisotopic (exact) mass is 911 g/mol. The highest BCUT2D eigenvalue weighted by atomic mass is 16.6. The van der Waals surface area contributed by atoms with Crippen molar-refractivity contribution in [1.29, 1.82) is 0 Å².